The number of rotatable bonds is 8. The molecule has 3 rings (SSSR count). The molecular weight excluding hydrogens is 404 g/mol. The number of nitrogens with zero attached hydrogens (tertiary/aromatic N) is 6. The number of nitro benzene ring substituents is 2. The van der Waals surface area contributed by atoms with Crippen molar-refractivity contribution in [2.24, 2.45) is 0 Å². The van der Waals surface area contributed by atoms with E-state index >= 15 is 0 Å². The minimum Gasteiger partial charge on any atom is -0.497 e. The van der Waals surface area contributed by atoms with Gasteiger partial charge in [0.2, 0.25) is 10.9 Å². The SMILES string of the molecule is COc1ccc(-n2nnnc2SCc2cc([N+](=O)[O-])cc([N+](=O)[O-])c2OC)cc1. The van der Waals surface area contributed by atoms with E-state index in [9.17, 15) is 20.2 Å². The van der Waals surface area contributed by atoms with E-state index in [1.54, 1.807) is 31.4 Å². The predicted octanol–water partition coefficient (Wildman–Crippen LogP) is 2.79. The van der Waals surface area contributed by atoms with Crippen molar-refractivity contribution >= 4 is 23.1 Å². The van der Waals surface area contributed by atoms with Crippen LogP contribution in [0.2, 0.25) is 0 Å². The molecule has 0 N–H and O–H groups in total. The van der Waals surface area contributed by atoms with Gasteiger partial charge in [0.25, 0.3) is 5.69 Å². The highest BCUT2D eigenvalue weighted by Gasteiger charge is 2.25. The highest BCUT2D eigenvalue weighted by molar-refractivity contribution is 7.98. The lowest BCUT2D eigenvalue weighted by Gasteiger charge is -2.09. The van der Waals surface area contributed by atoms with Gasteiger partial charge >= 0.3 is 5.69 Å². The van der Waals surface area contributed by atoms with Gasteiger partial charge < -0.3 is 9.47 Å². The lowest BCUT2D eigenvalue weighted by Crippen LogP contribution is -2.02. The molecule has 0 aliphatic rings. The van der Waals surface area contributed by atoms with Gasteiger partial charge in [0.15, 0.2) is 0 Å². The molecule has 0 unspecified atom stereocenters. The third kappa shape index (κ3) is 4.24. The molecule has 0 aliphatic carbocycles. The monoisotopic (exact) mass is 418 g/mol. The Labute approximate surface area is 167 Å². The summed E-state index contributed by atoms with van der Waals surface area (Å²) in [5.74, 6) is 0.739. The Morgan fingerprint density at radius 3 is 2.38 bits per heavy atom. The molecule has 0 saturated carbocycles. The van der Waals surface area contributed by atoms with Crippen molar-refractivity contribution in [3.05, 3.63) is 62.2 Å². The molecular formula is C16H14N6O6S. The van der Waals surface area contributed by atoms with Crippen molar-refractivity contribution in [3.63, 3.8) is 0 Å². The lowest BCUT2D eigenvalue weighted by atomic mass is 10.1. The number of ether oxygens (including phenoxy) is 2. The zero-order valence-corrected chi connectivity index (χ0v) is 16.0. The van der Waals surface area contributed by atoms with Crippen LogP contribution in [0.15, 0.2) is 41.6 Å². The fourth-order valence-corrected chi connectivity index (χ4v) is 3.39. The van der Waals surface area contributed by atoms with E-state index in [4.69, 9.17) is 9.47 Å². The van der Waals surface area contributed by atoms with Crippen molar-refractivity contribution < 1.29 is 19.3 Å². The molecule has 13 heteroatoms. The van der Waals surface area contributed by atoms with E-state index in [1.807, 2.05) is 0 Å². The Bertz CT molecular complexity index is 1050. The number of hydrogen-bond acceptors (Lipinski definition) is 10. The number of tetrazole rings is 1. The minimum absolute atomic E-state index is 0.0448. The molecule has 0 spiro atoms. The van der Waals surface area contributed by atoms with Crippen LogP contribution in [0.25, 0.3) is 5.69 Å². The predicted molar refractivity (Wildman–Crippen MR) is 102 cm³/mol. The van der Waals surface area contributed by atoms with Crippen molar-refractivity contribution in [3.8, 4) is 17.2 Å². The Hall–Kier alpha value is -3.74. The van der Waals surface area contributed by atoms with Crippen molar-refractivity contribution in [1.29, 1.82) is 0 Å². The number of hydrogen-bond donors (Lipinski definition) is 0. The molecule has 12 nitrogen and oxygen atoms in total. The van der Waals surface area contributed by atoms with Crippen LogP contribution in [-0.2, 0) is 5.75 Å². The van der Waals surface area contributed by atoms with Gasteiger partial charge in [0, 0.05) is 17.4 Å². The van der Waals surface area contributed by atoms with Gasteiger partial charge in [0.05, 0.1) is 35.8 Å². The molecule has 0 amide bonds. The van der Waals surface area contributed by atoms with Gasteiger partial charge in [0.1, 0.15) is 5.75 Å². The molecule has 150 valence electrons. The van der Waals surface area contributed by atoms with Crippen molar-refractivity contribution in [2.45, 2.75) is 10.9 Å². The molecule has 1 heterocycles. The van der Waals surface area contributed by atoms with E-state index in [0.717, 1.165) is 17.8 Å². The van der Waals surface area contributed by atoms with E-state index < -0.39 is 21.2 Å². The molecule has 1 aromatic heterocycles. The first kappa shape index (κ1) is 20.0. The fourth-order valence-electron chi connectivity index (χ4n) is 2.54. The Kier molecular flexibility index (Phi) is 5.87. The lowest BCUT2D eigenvalue weighted by molar-refractivity contribution is -0.394. The zero-order chi connectivity index (χ0) is 21.0. The first-order valence-electron chi connectivity index (χ1n) is 8.00. The van der Waals surface area contributed by atoms with Crippen LogP contribution in [0.4, 0.5) is 11.4 Å². The van der Waals surface area contributed by atoms with Gasteiger partial charge in [-0.3, -0.25) is 20.2 Å². The Morgan fingerprint density at radius 1 is 1.07 bits per heavy atom. The number of benzene rings is 2. The second kappa shape index (κ2) is 8.52. The van der Waals surface area contributed by atoms with E-state index in [-0.39, 0.29) is 17.1 Å². The molecule has 3 aromatic rings. The van der Waals surface area contributed by atoms with Gasteiger partial charge in [-0.2, -0.15) is 4.68 Å². The number of thioether (sulfide) groups is 1. The van der Waals surface area contributed by atoms with Crippen molar-refractivity contribution in [1.82, 2.24) is 20.2 Å². The average molecular weight is 418 g/mol. The number of non-ortho nitro benzene ring substituents is 1. The number of nitro groups is 2. The second-order valence-electron chi connectivity index (χ2n) is 5.53. The van der Waals surface area contributed by atoms with Crippen LogP contribution in [0.3, 0.4) is 0 Å². The largest absolute Gasteiger partial charge is 0.497 e. The van der Waals surface area contributed by atoms with E-state index in [0.29, 0.717) is 16.6 Å². The first-order chi connectivity index (χ1) is 13.9. The van der Waals surface area contributed by atoms with Gasteiger partial charge in [-0.25, -0.2) is 0 Å². The summed E-state index contributed by atoms with van der Waals surface area (Å²) in [6.07, 6.45) is 0. The summed E-state index contributed by atoms with van der Waals surface area (Å²) in [6, 6.07) is 9.13. The van der Waals surface area contributed by atoms with Gasteiger partial charge in [-0.1, -0.05) is 11.8 Å². The normalized spacial score (nSPS) is 10.6. The Morgan fingerprint density at radius 2 is 1.79 bits per heavy atom. The third-order valence-corrected chi connectivity index (χ3v) is 4.83. The minimum atomic E-state index is -0.721. The van der Waals surface area contributed by atoms with Crippen LogP contribution in [0.5, 0.6) is 11.5 Å². The third-order valence-electron chi connectivity index (χ3n) is 3.86. The molecule has 0 aliphatic heterocycles. The van der Waals surface area contributed by atoms with Crippen LogP contribution in [0, 0.1) is 20.2 Å². The molecule has 0 saturated heterocycles. The molecule has 0 fully saturated rings. The zero-order valence-electron chi connectivity index (χ0n) is 15.2. The topological polar surface area (TPSA) is 148 Å². The highest BCUT2D eigenvalue weighted by atomic mass is 32.2. The summed E-state index contributed by atoms with van der Waals surface area (Å²) in [6.45, 7) is 0. The van der Waals surface area contributed by atoms with Gasteiger partial charge in [-0.05, 0) is 34.7 Å². The summed E-state index contributed by atoms with van der Waals surface area (Å²) in [5.41, 5.74) is 0.0767. The second-order valence-corrected chi connectivity index (χ2v) is 6.47. The first-order valence-corrected chi connectivity index (χ1v) is 8.98. The van der Waals surface area contributed by atoms with E-state index in [2.05, 4.69) is 15.5 Å². The van der Waals surface area contributed by atoms with Crippen LogP contribution in [0.1, 0.15) is 5.56 Å². The summed E-state index contributed by atoms with van der Waals surface area (Å²) in [7, 11) is 2.82. The fraction of sp³-hybridized carbons (Fsp3) is 0.188. The quantitative estimate of drug-likeness (QED) is 0.303. The molecule has 0 atom stereocenters. The number of methoxy groups -OCH3 is 2. The summed E-state index contributed by atoms with van der Waals surface area (Å²) < 4.78 is 11.7. The maximum absolute atomic E-state index is 11.3. The van der Waals surface area contributed by atoms with Crippen LogP contribution < -0.4 is 9.47 Å². The highest BCUT2D eigenvalue weighted by Crippen LogP contribution is 2.38. The maximum Gasteiger partial charge on any atom is 0.318 e. The Balaban J connectivity index is 1.91. The smallest absolute Gasteiger partial charge is 0.318 e. The van der Waals surface area contributed by atoms with Crippen molar-refractivity contribution in [2.75, 3.05) is 14.2 Å². The standard InChI is InChI=1S/C16H14N6O6S/c1-27-13-5-3-11(4-6-13)20-16(17-18-19-20)29-9-10-7-12(21(23)24)8-14(22(25)26)15(10)28-2/h3-8H,9H2,1-2H3. The summed E-state index contributed by atoms with van der Waals surface area (Å²) >= 11 is 1.15. The van der Waals surface area contributed by atoms with Gasteiger partial charge in [-0.15, -0.1) is 5.10 Å². The maximum atomic E-state index is 11.3. The summed E-state index contributed by atoms with van der Waals surface area (Å²) in [5, 5.41) is 34.3. The van der Waals surface area contributed by atoms with Crippen LogP contribution in [-0.4, -0.2) is 44.3 Å². The molecule has 0 radical (unpaired) electrons. The number of aromatic nitrogens is 4. The van der Waals surface area contributed by atoms with Crippen LogP contribution >= 0.6 is 11.8 Å². The molecule has 0 bridgehead atoms. The molecule has 2 aromatic carbocycles. The molecule has 29 heavy (non-hydrogen) atoms. The summed E-state index contributed by atoms with van der Waals surface area (Å²) in [4.78, 5) is 21.0. The average Bonchev–Trinajstić information content (AvgIpc) is 3.19. The van der Waals surface area contributed by atoms with E-state index in [1.165, 1.54) is 17.9 Å².